The van der Waals surface area contributed by atoms with Crippen molar-refractivity contribution in [1.29, 1.82) is 0 Å². The Hall–Kier alpha value is -2.42. The van der Waals surface area contributed by atoms with Crippen molar-refractivity contribution in [2.75, 3.05) is 6.61 Å². The topological polar surface area (TPSA) is 121 Å². The summed E-state index contributed by atoms with van der Waals surface area (Å²) in [5, 5.41) is 7.60. The van der Waals surface area contributed by atoms with Crippen LogP contribution in [0.4, 0.5) is 0 Å². The normalized spacial score (nSPS) is 10.2. The fourth-order valence-electron chi connectivity index (χ4n) is 1.27. The van der Waals surface area contributed by atoms with Crippen molar-refractivity contribution < 1.29 is 18.7 Å². The van der Waals surface area contributed by atoms with Gasteiger partial charge in [0.25, 0.3) is 11.1 Å². The predicted molar refractivity (Wildman–Crippen MR) is 67.1 cm³/mol. The summed E-state index contributed by atoms with van der Waals surface area (Å²) < 4.78 is 9.83. The smallest absolute Gasteiger partial charge is 0.396 e. The summed E-state index contributed by atoms with van der Waals surface area (Å²) in [6, 6.07) is 3.11. The summed E-state index contributed by atoms with van der Waals surface area (Å²) >= 11 is 0.939. The number of nitrogens with zero attached hydrogens (tertiary/aromatic N) is 3. The van der Waals surface area contributed by atoms with Crippen LogP contribution in [0.2, 0.25) is 0 Å². The molecule has 2 aromatic rings. The van der Waals surface area contributed by atoms with E-state index in [0.717, 1.165) is 11.8 Å². The molecule has 0 aliphatic carbocycles. The molecule has 104 valence electrons. The van der Waals surface area contributed by atoms with Gasteiger partial charge in [0.2, 0.25) is 0 Å². The van der Waals surface area contributed by atoms with Crippen LogP contribution in [0.3, 0.4) is 0 Å². The number of primary amides is 1. The molecule has 0 aromatic carbocycles. The number of carbonyl (C=O) groups is 2. The van der Waals surface area contributed by atoms with E-state index in [9.17, 15) is 9.59 Å². The van der Waals surface area contributed by atoms with Crippen molar-refractivity contribution >= 4 is 23.6 Å². The molecule has 0 atom stereocenters. The van der Waals surface area contributed by atoms with Gasteiger partial charge in [-0.1, -0.05) is 5.10 Å². The van der Waals surface area contributed by atoms with Gasteiger partial charge in [0.1, 0.15) is 5.03 Å². The first-order valence-electron chi connectivity index (χ1n) is 5.55. The SMILES string of the molecule is CCOC(=O)c1nnc(Sc2ncccc2C(N)=O)o1. The predicted octanol–water partition coefficient (Wildman–Crippen LogP) is 0.891. The zero-order valence-electron chi connectivity index (χ0n) is 10.4. The first-order valence-corrected chi connectivity index (χ1v) is 6.36. The number of pyridine rings is 1. The number of amides is 1. The van der Waals surface area contributed by atoms with Crippen LogP contribution in [-0.4, -0.2) is 33.7 Å². The van der Waals surface area contributed by atoms with Crippen LogP contribution < -0.4 is 5.73 Å². The van der Waals surface area contributed by atoms with Crippen LogP contribution in [0.15, 0.2) is 33.0 Å². The zero-order valence-corrected chi connectivity index (χ0v) is 11.2. The fourth-order valence-corrected chi connectivity index (χ4v) is 2.03. The van der Waals surface area contributed by atoms with Gasteiger partial charge in [-0.15, -0.1) is 5.10 Å². The molecular formula is C11H10N4O4S. The van der Waals surface area contributed by atoms with Gasteiger partial charge in [-0.3, -0.25) is 4.79 Å². The Morgan fingerprint density at radius 2 is 2.25 bits per heavy atom. The Morgan fingerprint density at radius 1 is 1.45 bits per heavy atom. The highest BCUT2D eigenvalue weighted by atomic mass is 32.2. The second-order valence-electron chi connectivity index (χ2n) is 3.42. The Bertz CT molecular complexity index is 643. The summed E-state index contributed by atoms with van der Waals surface area (Å²) in [6.07, 6.45) is 1.50. The van der Waals surface area contributed by atoms with Crippen molar-refractivity contribution in [3.8, 4) is 0 Å². The van der Waals surface area contributed by atoms with Crippen molar-refractivity contribution in [3.63, 3.8) is 0 Å². The van der Waals surface area contributed by atoms with Gasteiger partial charge >= 0.3 is 11.9 Å². The van der Waals surface area contributed by atoms with E-state index >= 15 is 0 Å². The quantitative estimate of drug-likeness (QED) is 0.807. The molecule has 0 saturated heterocycles. The van der Waals surface area contributed by atoms with E-state index in [1.54, 1.807) is 13.0 Å². The van der Waals surface area contributed by atoms with Gasteiger partial charge in [-0.2, -0.15) is 0 Å². The molecule has 0 fully saturated rings. The number of ether oxygens (including phenoxy) is 1. The summed E-state index contributed by atoms with van der Waals surface area (Å²) in [4.78, 5) is 26.6. The average molecular weight is 294 g/mol. The molecule has 0 aliphatic heterocycles. The Labute approximate surface area is 117 Å². The number of carbonyl (C=O) groups excluding carboxylic acids is 2. The number of aromatic nitrogens is 3. The third kappa shape index (κ3) is 3.12. The first kappa shape index (κ1) is 14.0. The fraction of sp³-hybridized carbons (Fsp3) is 0.182. The molecule has 2 aromatic heterocycles. The maximum absolute atomic E-state index is 11.4. The summed E-state index contributed by atoms with van der Waals surface area (Å²) in [5.74, 6) is -1.58. The summed E-state index contributed by atoms with van der Waals surface area (Å²) in [5.41, 5.74) is 5.46. The second-order valence-corrected chi connectivity index (χ2v) is 4.36. The van der Waals surface area contributed by atoms with Crippen molar-refractivity contribution in [3.05, 3.63) is 29.8 Å². The monoisotopic (exact) mass is 294 g/mol. The lowest BCUT2D eigenvalue weighted by Crippen LogP contribution is -2.12. The first-order chi connectivity index (χ1) is 9.61. The molecule has 20 heavy (non-hydrogen) atoms. The number of esters is 1. The Kier molecular flexibility index (Phi) is 4.31. The van der Waals surface area contributed by atoms with Crippen molar-refractivity contribution in [2.45, 2.75) is 17.2 Å². The van der Waals surface area contributed by atoms with Gasteiger partial charge in [0.05, 0.1) is 12.2 Å². The van der Waals surface area contributed by atoms with Crippen LogP contribution in [0.1, 0.15) is 28.0 Å². The molecule has 1 amide bonds. The standard InChI is InChI=1S/C11H10N4O4S/c1-2-18-10(17)8-14-15-11(19-8)20-9-6(7(12)16)4-3-5-13-9/h3-5H,2H2,1H3,(H2,12,16). The molecule has 9 heteroatoms. The van der Waals surface area contributed by atoms with E-state index in [1.165, 1.54) is 12.3 Å². The molecule has 0 spiro atoms. The van der Waals surface area contributed by atoms with Gasteiger partial charge in [0.15, 0.2) is 0 Å². The minimum absolute atomic E-state index is 0.0641. The van der Waals surface area contributed by atoms with Gasteiger partial charge < -0.3 is 14.9 Å². The molecule has 0 aliphatic rings. The van der Waals surface area contributed by atoms with Gasteiger partial charge in [-0.05, 0) is 30.8 Å². The highest BCUT2D eigenvalue weighted by Gasteiger charge is 2.18. The average Bonchev–Trinajstić information content (AvgIpc) is 2.88. The molecule has 0 unspecified atom stereocenters. The van der Waals surface area contributed by atoms with Crippen molar-refractivity contribution in [2.24, 2.45) is 5.73 Å². The third-order valence-corrected chi connectivity index (χ3v) is 2.94. The molecular weight excluding hydrogens is 284 g/mol. The molecule has 0 radical (unpaired) electrons. The summed E-state index contributed by atoms with van der Waals surface area (Å²) in [6.45, 7) is 1.87. The van der Waals surface area contributed by atoms with Crippen LogP contribution >= 0.6 is 11.8 Å². The van der Waals surface area contributed by atoms with E-state index in [0.29, 0.717) is 5.03 Å². The van der Waals surface area contributed by atoms with Crippen LogP contribution in [0.25, 0.3) is 0 Å². The maximum atomic E-state index is 11.4. The lowest BCUT2D eigenvalue weighted by molar-refractivity contribution is 0.0475. The zero-order chi connectivity index (χ0) is 14.5. The minimum Gasteiger partial charge on any atom is -0.459 e. The van der Waals surface area contributed by atoms with Crippen LogP contribution in [0, 0.1) is 0 Å². The molecule has 8 nitrogen and oxygen atoms in total. The Balaban J connectivity index is 2.19. The molecule has 0 saturated carbocycles. The van der Waals surface area contributed by atoms with Gasteiger partial charge in [-0.25, -0.2) is 9.78 Å². The minimum atomic E-state index is -0.706. The third-order valence-electron chi connectivity index (χ3n) is 2.08. The second kappa shape index (κ2) is 6.15. The highest BCUT2D eigenvalue weighted by Crippen LogP contribution is 2.27. The number of rotatable bonds is 5. The Morgan fingerprint density at radius 3 is 2.95 bits per heavy atom. The van der Waals surface area contributed by atoms with E-state index in [1.807, 2.05) is 0 Å². The number of hydrogen-bond donors (Lipinski definition) is 1. The highest BCUT2D eigenvalue weighted by molar-refractivity contribution is 7.99. The molecule has 2 N–H and O–H groups in total. The number of hydrogen-bond acceptors (Lipinski definition) is 8. The molecule has 2 rings (SSSR count). The molecule has 0 bridgehead atoms. The maximum Gasteiger partial charge on any atom is 0.396 e. The van der Waals surface area contributed by atoms with E-state index in [4.69, 9.17) is 14.9 Å². The lowest BCUT2D eigenvalue weighted by atomic mass is 10.3. The van der Waals surface area contributed by atoms with Crippen molar-refractivity contribution in [1.82, 2.24) is 15.2 Å². The van der Waals surface area contributed by atoms with Gasteiger partial charge in [0, 0.05) is 6.20 Å². The van der Waals surface area contributed by atoms with Crippen LogP contribution in [0.5, 0.6) is 0 Å². The van der Waals surface area contributed by atoms with Crippen LogP contribution in [-0.2, 0) is 4.74 Å². The lowest BCUT2D eigenvalue weighted by Gasteiger charge is -2.00. The summed E-state index contributed by atoms with van der Waals surface area (Å²) in [7, 11) is 0. The molecule has 2 heterocycles. The van der Waals surface area contributed by atoms with E-state index < -0.39 is 11.9 Å². The van der Waals surface area contributed by atoms with E-state index in [2.05, 4.69) is 15.2 Å². The van der Waals surface area contributed by atoms with E-state index in [-0.39, 0.29) is 23.3 Å². The largest absolute Gasteiger partial charge is 0.459 e. The number of nitrogens with two attached hydrogens (primary N) is 1.